The Bertz CT molecular complexity index is 1230. The van der Waals surface area contributed by atoms with E-state index in [1.165, 1.54) is 58.7 Å². The topological polar surface area (TPSA) is 55.9 Å². The molecule has 0 aliphatic heterocycles. The number of aromatic nitrogens is 1. The Morgan fingerprint density at radius 1 is 0.676 bits per heavy atom. The number of hydrogen-bond donors (Lipinski definition) is 2. The maximum Gasteiger partial charge on any atom is 0.220 e. The zero-order valence-electron chi connectivity index (χ0n) is 20.4. The molecule has 1 heterocycles. The van der Waals surface area contributed by atoms with Gasteiger partial charge in [0.2, 0.25) is 11.2 Å². The molecule has 182 valence electrons. The van der Waals surface area contributed by atoms with E-state index in [-0.39, 0.29) is 48.0 Å². The van der Waals surface area contributed by atoms with Crippen LogP contribution in [0, 0.1) is 0 Å². The first-order valence-electron chi connectivity index (χ1n) is 11.6. The number of pyridine rings is 1. The molecule has 6 heteroatoms. The zero-order valence-corrected chi connectivity index (χ0v) is 24.7. The Kier molecular flexibility index (Phi) is 10.4. The molecule has 0 atom stereocenters. The Hall–Kier alpha value is -1.65. The van der Waals surface area contributed by atoms with Gasteiger partial charge in [-0.3, -0.25) is 0 Å². The third-order valence-electron chi connectivity index (χ3n) is 6.18. The molecular formula is C28H36I2N4. The molecular weight excluding hydrogens is 646 g/mol. The van der Waals surface area contributed by atoms with E-state index in [1.54, 1.807) is 0 Å². The van der Waals surface area contributed by atoms with E-state index >= 15 is 0 Å². The molecule has 0 saturated carbocycles. The summed E-state index contributed by atoms with van der Waals surface area (Å²) in [6.45, 7) is 2.18. The molecule has 4 N–H and O–H groups in total. The second-order valence-corrected chi connectivity index (χ2v) is 9.88. The highest BCUT2D eigenvalue weighted by Gasteiger charge is 2.23. The number of anilines is 2. The molecule has 0 radical (unpaired) electrons. The number of fused-ring (bicyclic) bond motifs is 3. The third kappa shape index (κ3) is 6.73. The van der Waals surface area contributed by atoms with Crippen LogP contribution >= 0.6 is 0 Å². The lowest BCUT2D eigenvalue weighted by molar-refractivity contribution is -0.870. The molecule has 0 aliphatic carbocycles. The maximum absolute atomic E-state index is 6.25. The van der Waals surface area contributed by atoms with Crippen molar-refractivity contribution in [1.82, 2.24) is 0 Å². The number of rotatable bonds is 8. The number of halogens is 2. The molecule has 0 amide bonds. The minimum Gasteiger partial charge on any atom is -1.00 e. The van der Waals surface area contributed by atoms with Gasteiger partial charge in [0, 0.05) is 34.8 Å². The highest BCUT2D eigenvalue weighted by Crippen LogP contribution is 2.33. The summed E-state index contributed by atoms with van der Waals surface area (Å²) in [5.74, 6) is 0. The van der Waals surface area contributed by atoms with Crippen LogP contribution in [0.3, 0.4) is 0 Å². The first-order chi connectivity index (χ1) is 15.3. The van der Waals surface area contributed by atoms with Gasteiger partial charge in [0.05, 0.1) is 38.5 Å². The van der Waals surface area contributed by atoms with Gasteiger partial charge in [-0.2, -0.15) is 4.57 Å². The lowest BCUT2D eigenvalue weighted by Crippen LogP contribution is -3.00. The summed E-state index contributed by atoms with van der Waals surface area (Å²) in [5.41, 5.74) is 17.7. The monoisotopic (exact) mass is 682 g/mol. The number of nitrogens with two attached hydrogens (primary N) is 2. The molecule has 0 spiro atoms. The fourth-order valence-corrected chi connectivity index (χ4v) is 4.61. The van der Waals surface area contributed by atoms with Gasteiger partial charge in [0.25, 0.3) is 0 Å². The molecule has 0 bridgehead atoms. The first-order valence-corrected chi connectivity index (χ1v) is 11.6. The standard InChI is InChI=1S/C28H35N4.2HI/c1-32(2,3)18-10-5-4-9-17-31-27-20-23(30)14-16-25(27)24-15-13-22(29)19-26(24)28(31)21-11-7-6-8-12-21;;/h6-8,11-16,19-20,30H,4-5,9-10,17-18,29H2,1-3H3;2*1H/q+1;;/p-1. The normalized spacial score (nSPS) is 11.3. The average molecular weight is 682 g/mol. The van der Waals surface area contributed by atoms with Crippen molar-refractivity contribution in [2.45, 2.75) is 32.2 Å². The first kappa shape index (κ1) is 28.6. The molecule has 0 fully saturated rings. The zero-order chi connectivity index (χ0) is 22.7. The number of unbranched alkanes of at least 4 members (excludes halogenated alkanes) is 3. The van der Waals surface area contributed by atoms with Crippen molar-refractivity contribution < 1.29 is 57.0 Å². The predicted molar refractivity (Wildman–Crippen MR) is 137 cm³/mol. The summed E-state index contributed by atoms with van der Waals surface area (Å²) in [5, 5.41) is 3.63. The number of aryl methyl sites for hydroxylation is 1. The van der Waals surface area contributed by atoms with Crippen molar-refractivity contribution >= 4 is 33.1 Å². The lowest BCUT2D eigenvalue weighted by Gasteiger charge is -2.23. The molecule has 3 aromatic carbocycles. The van der Waals surface area contributed by atoms with Crippen molar-refractivity contribution in [2.24, 2.45) is 0 Å². The molecule has 0 saturated heterocycles. The van der Waals surface area contributed by atoms with Gasteiger partial charge < -0.3 is 63.9 Å². The lowest BCUT2D eigenvalue weighted by atomic mass is 9.98. The van der Waals surface area contributed by atoms with Crippen molar-refractivity contribution in [3.8, 4) is 11.3 Å². The average Bonchev–Trinajstić information content (AvgIpc) is 2.75. The molecule has 4 rings (SSSR count). The highest BCUT2D eigenvalue weighted by molar-refractivity contribution is 6.10. The van der Waals surface area contributed by atoms with Crippen LogP contribution in [0.2, 0.25) is 0 Å². The van der Waals surface area contributed by atoms with E-state index in [0.717, 1.165) is 28.8 Å². The van der Waals surface area contributed by atoms with Crippen LogP contribution in [0.5, 0.6) is 0 Å². The van der Waals surface area contributed by atoms with E-state index in [9.17, 15) is 0 Å². The second kappa shape index (κ2) is 12.4. The Balaban J connectivity index is 0.00000204. The summed E-state index contributed by atoms with van der Waals surface area (Å²) in [6.07, 6.45) is 4.89. The quantitative estimate of drug-likeness (QED) is 0.0652. The summed E-state index contributed by atoms with van der Waals surface area (Å²) in [7, 11) is 6.79. The van der Waals surface area contributed by atoms with E-state index in [0.29, 0.717) is 0 Å². The van der Waals surface area contributed by atoms with Crippen LogP contribution in [0.25, 0.3) is 32.9 Å². The van der Waals surface area contributed by atoms with Crippen LogP contribution < -0.4 is 64.0 Å². The van der Waals surface area contributed by atoms with Gasteiger partial charge in [-0.1, -0.05) is 24.3 Å². The Morgan fingerprint density at radius 3 is 1.97 bits per heavy atom. The second-order valence-electron chi connectivity index (χ2n) is 9.88. The van der Waals surface area contributed by atoms with Gasteiger partial charge in [0.15, 0.2) is 0 Å². The molecule has 1 aromatic heterocycles. The fourth-order valence-electron chi connectivity index (χ4n) is 4.61. The highest BCUT2D eigenvalue weighted by atomic mass is 127. The maximum atomic E-state index is 6.25. The SMILES string of the molecule is C[N+](C)(C)CCCCCC[n+]1c(-c2ccccc2)c2cc(N)ccc2c2ccc(N)cc21.[I-].[I-]. The van der Waals surface area contributed by atoms with Crippen LogP contribution in [0.4, 0.5) is 11.4 Å². The minimum atomic E-state index is 0. The van der Waals surface area contributed by atoms with Crippen molar-refractivity contribution in [3.05, 3.63) is 66.7 Å². The number of nitrogen functional groups attached to an aromatic ring is 2. The van der Waals surface area contributed by atoms with E-state index in [2.05, 4.69) is 80.3 Å². The molecule has 34 heavy (non-hydrogen) atoms. The van der Waals surface area contributed by atoms with Gasteiger partial charge in [-0.25, -0.2) is 0 Å². The van der Waals surface area contributed by atoms with Crippen LogP contribution in [-0.2, 0) is 6.54 Å². The van der Waals surface area contributed by atoms with Crippen molar-refractivity contribution in [3.63, 3.8) is 0 Å². The van der Waals surface area contributed by atoms with E-state index < -0.39 is 0 Å². The molecule has 4 nitrogen and oxygen atoms in total. The summed E-state index contributed by atoms with van der Waals surface area (Å²) >= 11 is 0. The number of nitrogens with zero attached hydrogens (tertiary/aromatic N) is 2. The van der Waals surface area contributed by atoms with Gasteiger partial charge in [-0.15, -0.1) is 0 Å². The van der Waals surface area contributed by atoms with Gasteiger partial charge in [0.1, 0.15) is 6.54 Å². The molecule has 4 aromatic rings. The van der Waals surface area contributed by atoms with Crippen LogP contribution in [0.15, 0.2) is 66.7 Å². The van der Waals surface area contributed by atoms with Gasteiger partial charge in [-0.05, 0) is 55.7 Å². The molecule has 0 unspecified atom stereocenters. The fraction of sp³-hybridized carbons (Fsp3) is 0.321. The number of hydrogen-bond acceptors (Lipinski definition) is 2. The Labute approximate surface area is 238 Å². The van der Waals surface area contributed by atoms with Crippen molar-refractivity contribution in [1.29, 1.82) is 0 Å². The van der Waals surface area contributed by atoms with E-state index in [1.807, 2.05) is 12.1 Å². The summed E-state index contributed by atoms with van der Waals surface area (Å²) in [4.78, 5) is 0. The third-order valence-corrected chi connectivity index (χ3v) is 6.18. The molecule has 0 aliphatic rings. The smallest absolute Gasteiger partial charge is 0.220 e. The van der Waals surface area contributed by atoms with Crippen LogP contribution in [0.1, 0.15) is 25.7 Å². The van der Waals surface area contributed by atoms with Crippen LogP contribution in [-0.4, -0.2) is 32.2 Å². The minimum absolute atomic E-state index is 0. The van der Waals surface area contributed by atoms with E-state index in [4.69, 9.17) is 11.5 Å². The summed E-state index contributed by atoms with van der Waals surface area (Å²) < 4.78 is 3.49. The van der Waals surface area contributed by atoms with Crippen molar-refractivity contribution in [2.75, 3.05) is 39.2 Å². The number of benzene rings is 3. The predicted octanol–water partition coefficient (Wildman–Crippen LogP) is -0.613. The van der Waals surface area contributed by atoms with Gasteiger partial charge >= 0.3 is 0 Å². The Morgan fingerprint density at radius 2 is 1.29 bits per heavy atom. The largest absolute Gasteiger partial charge is 1.00 e. The number of quaternary nitrogens is 1. The summed E-state index contributed by atoms with van der Waals surface area (Å²) in [6, 6.07) is 23.2.